The van der Waals surface area contributed by atoms with Crippen LogP contribution in [0.15, 0.2) is 67.0 Å². The van der Waals surface area contributed by atoms with Crippen LogP contribution in [0.5, 0.6) is 5.75 Å². The van der Waals surface area contributed by atoms with Crippen molar-refractivity contribution in [3.05, 3.63) is 78.1 Å². The molecule has 7 heteroatoms. The highest BCUT2D eigenvalue weighted by atomic mass is 16.5. The zero-order chi connectivity index (χ0) is 23.9. The minimum Gasteiger partial charge on any atom is -0.496 e. The van der Waals surface area contributed by atoms with E-state index in [1.165, 1.54) is 0 Å². The van der Waals surface area contributed by atoms with E-state index in [-0.39, 0.29) is 5.91 Å². The minimum absolute atomic E-state index is 0.0771. The van der Waals surface area contributed by atoms with Gasteiger partial charge in [0.05, 0.1) is 25.9 Å². The molecule has 1 amide bonds. The van der Waals surface area contributed by atoms with Gasteiger partial charge in [-0.05, 0) is 36.8 Å². The van der Waals surface area contributed by atoms with E-state index in [1.807, 2.05) is 73.7 Å². The van der Waals surface area contributed by atoms with E-state index in [2.05, 4.69) is 27.4 Å². The van der Waals surface area contributed by atoms with Gasteiger partial charge in [0, 0.05) is 54.7 Å². The Kier molecular flexibility index (Phi) is 7.44. The van der Waals surface area contributed by atoms with Crippen LogP contribution < -0.4 is 10.1 Å². The number of amides is 1. The number of aromatic nitrogens is 2. The number of methoxy groups -OCH3 is 1. The lowest BCUT2D eigenvalue weighted by molar-refractivity contribution is 0.0303. The zero-order valence-corrected chi connectivity index (χ0v) is 19.8. The first kappa shape index (κ1) is 23.3. The fourth-order valence-corrected chi connectivity index (χ4v) is 4.02. The van der Waals surface area contributed by atoms with E-state index in [0.29, 0.717) is 26.3 Å². The normalized spacial score (nSPS) is 13.2. The minimum atomic E-state index is 0.0771. The molecule has 0 aliphatic carbocycles. The highest BCUT2D eigenvalue weighted by Crippen LogP contribution is 2.34. The molecule has 1 aliphatic rings. The molecule has 3 heterocycles. The molecule has 0 bridgehead atoms. The van der Waals surface area contributed by atoms with Crippen LogP contribution in [-0.2, 0) is 4.74 Å². The molecule has 2 N–H and O–H groups in total. The number of fused-ring (bicyclic) bond motifs is 1. The molecule has 7 nitrogen and oxygen atoms in total. The standard InChI is InChI=1S/C15H14N2O.C12H16N2O2/c1-10-7-12-13(9-17-15(12)16-8-10)11-5-3-4-6-14(11)18-2;1-13-11-5-3-2-4-10(11)12(15)14-6-8-16-9-7-14/h3-9H,1-2H3,(H,16,17);2-5,13H,6-9H2,1H3. The first-order valence-corrected chi connectivity index (χ1v) is 11.3. The number of benzene rings is 2. The Morgan fingerprint density at radius 1 is 1.09 bits per heavy atom. The highest BCUT2D eigenvalue weighted by molar-refractivity contribution is 5.99. The molecule has 1 aliphatic heterocycles. The Morgan fingerprint density at radius 2 is 1.82 bits per heavy atom. The van der Waals surface area contributed by atoms with Gasteiger partial charge in [-0.2, -0.15) is 0 Å². The van der Waals surface area contributed by atoms with E-state index in [1.54, 1.807) is 7.11 Å². The van der Waals surface area contributed by atoms with Crippen molar-refractivity contribution in [3.8, 4) is 16.9 Å². The summed E-state index contributed by atoms with van der Waals surface area (Å²) in [6, 6.07) is 17.7. The van der Waals surface area contributed by atoms with E-state index < -0.39 is 0 Å². The molecule has 0 unspecified atom stereocenters. The molecular formula is C27H30N4O3. The van der Waals surface area contributed by atoms with Gasteiger partial charge < -0.3 is 24.7 Å². The van der Waals surface area contributed by atoms with Gasteiger partial charge in [0.2, 0.25) is 0 Å². The number of anilines is 1. The molecular weight excluding hydrogens is 428 g/mol. The van der Waals surface area contributed by atoms with Crippen LogP contribution in [0.3, 0.4) is 0 Å². The summed E-state index contributed by atoms with van der Waals surface area (Å²) in [6.45, 7) is 4.67. The summed E-state index contributed by atoms with van der Waals surface area (Å²) in [4.78, 5) is 21.6. The van der Waals surface area contributed by atoms with Crippen molar-refractivity contribution in [2.45, 2.75) is 6.92 Å². The molecule has 176 valence electrons. The second-order valence-electron chi connectivity index (χ2n) is 8.01. The third-order valence-electron chi connectivity index (χ3n) is 5.79. The van der Waals surface area contributed by atoms with Gasteiger partial charge >= 0.3 is 0 Å². The van der Waals surface area contributed by atoms with Crippen LogP contribution in [0.25, 0.3) is 22.2 Å². The average molecular weight is 459 g/mol. The lowest BCUT2D eigenvalue weighted by atomic mass is 10.0. The van der Waals surface area contributed by atoms with Crippen LogP contribution in [0, 0.1) is 6.92 Å². The third-order valence-corrected chi connectivity index (χ3v) is 5.79. The molecule has 4 aromatic rings. The first-order valence-electron chi connectivity index (χ1n) is 11.3. The molecule has 2 aromatic heterocycles. The number of nitrogens with zero attached hydrogens (tertiary/aromatic N) is 2. The second kappa shape index (κ2) is 10.9. The van der Waals surface area contributed by atoms with Gasteiger partial charge in [-0.15, -0.1) is 0 Å². The molecule has 0 saturated carbocycles. The Hall–Kier alpha value is -3.84. The Bertz CT molecular complexity index is 1260. The number of hydrogen-bond donors (Lipinski definition) is 2. The molecule has 1 fully saturated rings. The van der Waals surface area contributed by atoms with Crippen molar-refractivity contribution < 1.29 is 14.3 Å². The fraction of sp³-hybridized carbons (Fsp3) is 0.259. The number of rotatable bonds is 4. The molecule has 5 rings (SSSR count). The topological polar surface area (TPSA) is 79.5 Å². The Balaban J connectivity index is 0.000000162. The summed E-state index contributed by atoms with van der Waals surface area (Å²) in [5.41, 5.74) is 5.86. The van der Waals surface area contributed by atoms with Crippen LogP contribution in [0.4, 0.5) is 5.69 Å². The van der Waals surface area contributed by atoms with Crippen molar-refractivity contribution in [1.82, 2.24) is 14.9 Å². The maximum atomic E-state index is 12.2. The predicted octanol–water partition coefficient (Wildman–Crippen LogP) is 4.75. The van der Waals surface area contributed by atoms with E-state index in [4.69, 9.17) is 9.47 Å². The summed E-state index contributed by atoms with van der Waals surface area (Å²) in [5.74, 6) is 0.952. The van der Waals surface area contributed by atoms with Crippen molar-refractivity contribution in [3.63, 3.8) is 0 Å². The summed E-state index contributed by atoms with van der Waals surface area (Å²) >= 11 is 0. The summed E-state index contributed by atoms with van der Waals surface area (Å²) in [7, 11) is 3.52. The number of nitrogens with one attached hydrogen (secondary N) is 2. The van der Waals surface area contributed by atoms with Crippen molar-refractivity contribution >= 4 is 22.6 Å². The number of carbonyl (C=O) groups is 1. The monoisotopic (exact) mass is 458 g/mol. The van der Waals surface area contributed by atoms with Crippen molar-refractivity contribution in [2.24, 2.45) is 0 Å². The summed E-state index contributed by atoms with van der Waals surface area (Å²) < 4.78 is 10.6. The van der Waals surface area contributed by atoms with Gasteiger partial charge in [0.15, 0.2) is 0 Å². The average Bonchev–Trinajstić information content (AvgIpc) is 3.32. The van der Waals surface area contributed by atoms with Gasteiger partial charge in [-0.3, -0.25) is 4.79 Å². The quantitative estimate of drug-likeness (QED) is 0.462. The van der Waals surface area contributed by atoms with E-state index in [9.17, 15) is 4.79 Å². The molecule has 2 aromatic carbocycles. The van der Waals surface area contributed by atoms with Gasteiger partial charge in [0.1, 0.15) is 11.4 Å². The zero-order valence-electron chi connectivity index (χ0n) is 19.8. The smallest absolute Gasteiger partial charge is 0.256 e. The maximum absolute atomic E-state index is 12.2. The van der Waals surface area contributed by atoms with Crippen molar-refractivity contribution in [2.75, 3.05) is 45.8 Å². The summed E-state index contributed by atoms with van der Waals surface area (Å²) in [6.07, 6.45) is 3.85. The number of pyridine rings is 1. The number of morpholine rings is 1. The molecule has 0 spiro atoms. The van der Waals surface area contributed by atoms with Gasteiger partial charge in [-0.25, -0.2) is 4.98 Å². The van der Waals surface area contributed by atoms with Gasteiger partial charge in [-0.1, -0.05) is 30.3 Å². The molecule has 0 atom stereocenters. The van der Waals surface area contributed by atoms with Crippen LogP contribution in [-0.4, -0.2) is 61.2 Å². The summed E-state index contributed by atoms with van der Waals surface area (Å²) in [5, 5.41) is 4.16. The molecule has 0 radical (unpaired) electrons. The number of hydrogen-bond acceptors (Lipinski definition) is 5. The number of para-hydroxylation sites is 2. The number of carbonyl (C=O) groups excluding carboxylic acids is 1. The Morgan fingerprint density at radius 3 is 2.59 bits per heavy atom. The number of ether oxygens (including phenoxy) is 2. The second-order valence-corrected chi connectivity index (χ2v) is 8.01. The first-order chi connectivity index (χ1) is 16.6. The molecule has 1 saturated heterocycles. The van der Waals surface area contributed by atoms with Crippen LogP contribution >= 0.6 is 0 Å². The lowest BCUT2D eigenvalue weighted by Crippen LogP contribution is -2.40. The molecule has 34 heavy (non-hydrogen) atoms. The third kappa shape index (κ3) is 5.05. The largest absolute Gasteiger partial charge is 0.496 e. The Labute approximate surface area is 199 Å². The fourth-order valence-electron chi connectivity index (χ4n) is 4.02. The number of H-pyrrole nitrogens is 1. The van der Waals surface area contributed by atoms with E-state index in [0.717, 1.165) is 44.7 Å². The van der Waals surface area contributed by atoms with Crippen LogP contribution in [0.1, 0.15) is 15.9 Å². The van der Waals surface area contributed by atoms with Gasteiger partial charge in [0.25, 0.3) is 5.91 Å². The van der Waals surface area contributed by atoms with E-state index >= 15 is 0 Å². The lowest BCUT2D eigenvalue weighted by Gasteiger charge is -2.27. The maximum Gasteiger partial charge on any atom is 0.256 e. The highest BCUT2D eigenvalue weighted by Gasteiger charge is 2.20. The SMILES string of the molecule is CNc1ccccc1C(=O)N1CCOCC1.COc1ccccc1-c1c[nH]c2ncc(C)cc12. The van der Waals surface area contributed by atoms with Crippen molar-refractivity contribution in [1.29, 1.82) is 0 Å². The number of aromatic amines is 1. The van der Waals surface area contributed by atoms with Crippen LogP contribution in [0.2, 0.25) is 0 Å². The number of aryl methyl sites for hydroxylation is 1. The predicted molar refractivity (Wildman–Crippen MR) is 136 cm³/mol.